The number of pyridine rings is 1. The van der Waals surface area contributed by atoms with E-state index < -0.39 is 9.84 Å². The van der Waals surface area contributed by atoms with Crippen molar-refractivity contribution in [3.63, 3.8) is 0 Å². The van der Waals surface area contributed by atoms with Crippen LogP contribution in [0.2, 0.25) is 0 Å². The van der Waals surface area contributed by atoms with Gasteiger partial charge in [-0.2, -0.15) is 0 Å². The second-order valence-electron chi connectivity index (χ2n) is 7.95. The zero-order valence-electron chi connectivity index (χ0n) is 16.7. The maximum absolute atomic E-state index is 12.6. The van der Waals surface area contributed by atoms with Crippen molar-refractivity contribution < 1.29 is 8.42 Å². The molecular formula is C21H27N5O2S. The zero-order chi connectivity index (χ0) is 20.3. The highest BCUT2D eigenvalue weighted by Crippen LogP contribution is 2.32. The molecule has 3 heterocycles. The Kier molecular flexibility index (Phi) is 5.80. The Morgan fingerprint density at radius 1 is 1.17 bits per heavy atom. The van der Waals surface area contributed by atoms with Crippen molar-refractivity contribution in [2.45, 2.75) is 38.1 Å². The first-order valence-corrected chi connectivity index (χ1v) is 11.9. The molecule has 29 heavy (non-hydrogen) atoms. The Hall–Kier alpha value is -2.48. The summed E-state index contributed by atoms with van der Waals surface area (Å²) in [4.78, 5) is 18.1. The number of nitrogens with one attached hydrogen (secondary N) is 1. The Labute approximate surface area is 171 Å². The average molecular weight is 414 g/mol. The highest BCUT2D eigenvalue weighted by molar-refractivity contribution is 7.91. The summed E-state index contributed by atoms with van der Waals surface area (Å²) in [6, 6.07) is 6.15. The van der Waals surface area contributed by atoms with Gasteiger partial charge in [0.15, 0.2) is 9.84 Å². The maximum atomic E-state index is 12.6. The molecule has 1 aliphatic carbocycles. The molecule has 0 aromatic carbocycles. The van der Waals surface area contributed by atoms with Crippen molar-refractivity contribution in [1.82, 2.24) is 19.9 Å². The van der Waals surface area contributed by atoms with Crippen molar-refractivity contribution in [3.05, 3.63) is 48.7 Å². The lowest BCUT2D eigenvalue weighted by atomic mass is 9.86. The number of sulfone groups is 1. The molecule has 0 amide bonds. The fraction of sp³-hybridized carbons (Fsp3) is 0.476. The molecule has 0 radical (unpaired) electrons. The molecular weight excluding hydrogens is 386 g/mol. The maximum Gasteiger partial charge on any atom is 0.150 e. The van der Waals surface area contributed by atoms with Crippen LogP contribution in [-0.4, -0.2) is 52.9 Å². The Morgan fingerprint density at radius 2 is 2.00 bits per heavy atom. The van der Waals surface area contributed by atoms with E-state index in [1.165, 1.54) is 0 Å². The lowest BCUT2D eigenvalue weighted by Crippen LogP contribution is -2.37. The molecule has 3 aromatic rings. The molecule has 0 bridgehead atoms. The predicted octanol–water partition coefficient (Wildman–Crippen LogP) is 3.01. The third-order valence-corrected chi connectivity index (χ3v) is 7.75. The van der Waals surface area contributed by atoms with E-state index in [1.807, 2.05) is 24.4 Å². The van der Waals surface area contributed by atoms with Crippen LogP contribution in [0.3, 0.4) is 0 Å². The standard InChI is InChI=1S/C21H27N5O2S/c1-26(21-19-8-11-23-20(19)24-15-25-21)18-6-4-17(5-7-18)14-29(27,28)12-9-16-3-2-10-22-13-16/h2-3,8,10-11,13,15,17-18H,4-7,9,12,14H2,1H3,(H,23,24,25). The average Bonchev–Trinajstić information content (AvgIpc) is 3.22. The minimum Gasteiger partial charge on any atom is -0.356 e. The molecule has 1 fully saturated rings. The van der Waals surface area contributed by atoms with Crippen LogP contribution in [0.25, 0.3) is 11.0 Å². The lowest BCUT2D eigenvalue weighted by molar-refractivity contribution is 0.341. The summed E-state index contributed by atoms with van der Waals surface area (Å²) >= 11 is 0. The van der Waals surface area contributed by atoms with E-state index in [0.29, 0.717) is 18.2 Å². The number of rotatable bonds is 7. The van der Waals surface area contributed by atoms with Crippen molar-refractivity contribution in [2.75, 3.05) is 23.5 Å². The van der Waals surface area contributed by atoms with E-state index in [2.05, 4.69) is 31.9 Å². The highest BCUT2D eigenvalue weighted by Gasteiger charge is 2.28. The molecule has 1 N–H and O–H groups in total. The Balaban J connectivity index is 1.31. The van der Waals surface area contributed by atoms with E-state index in [9.17, 15) is 8.42 Å². The van der Waals surface area contributed by atoms with Crippen LogP contribution in [-0.2, 0) is 16.3 Å². The summed E-state index contributed by atoms with van der Waals surface area (Å²) in [5, 5.41) is 1.02. The van der Waals surface area contributed by atoms with Crippen molar-refractivity contribution in [3.8, 4) is 0 Å². The van der Waals surface area contributed by atoms with Crippen LogP contribution in [0.1, 0.15) is 31.2 Å². The smallest absolute Gasteiger partial charge is 0.150 e. The second-order valence-corrected chi connectivity index (χ2v) is 10.2. The molecule has 0 aliphatic heterocycles. The van der Waals surface area contributed by atoms with Gasteiger partial charge >= 0.3 is 0 Å². The SMILES string of the molecule is CN(c1ncnc2[nH]ccc12)C1CCC(CS(=O)(=O)CCc2cccnc2)CC1. The number of hydrogen-bond donors (Lipinski definition) is 1. The van der Waals surface area contributed by atoms with Gasteiger partial charge < -0.3 is 9.88 Å². The van der Waals surface area contributed by atoms with Gasteiger partial charge in [0.25, 0.3) is 0 Å². The fourth-order valence-electron chi connectivity index (χ4n) is 4.27. The highest BCUT2D eigenvalue weighted by atomic mass is 32.2. The molecule has 154 valence electrons. The topological polar surface area (TPSA) is 91.8 Å². The number of aromatic nitrogens is 4. The van der Waals surface area contributed by atoms with Crippen LogP contribution < -0.4 is 4.90 Å². The summed E-state index contributed by atoms with van der Waals surface area (Å²) < 4.78 is 25.1. The number of H-pyrrole nitrogens is 1. The van der Waals surface area contributed by atoms with Crippen LogP contribution in [0, 0.1) is 5.92 Å². The molecule has 7 nitrogen and oxygen atoms in total. The molecule has 0 unspecified atom stereocenters. The number of anilines is 1. The van der Waals surface area contributed by atoms with Crippen LogP contribution in [0.5, 0.6) is 0 Å². The molecule has 8 heteroatoms. The minimum atomic E-state index is -3.06. The number of aryl methyl sites for hydroxylation is 1. The molecule has 0 atom stereocenters. The van der Waals surface area contributed by atoms with Crippen molar-refractivity contribution in [2.24, 2.45) is 5.92 Å². The summed E-state index contributed by atoms with van der Waals surface area (Å²) in [7, 11) is -0.983. The van der Waals surface area contributed by atoms with Gasteiger partial charge in [0.1, 0.15) is 17.8 Å². The fourth-order valence-corrected chi connectivity index (χ4v) is 6.04. The summed E-state index contributed by atoms with van der Waals surface area (Å²) in [5.74, 6) is 1.67. The summed E-state index contributed by atoms with van der Waals surface area (Å²) in [6.07, 6.45) is 11.3. The number of nitrogens with zero attached hydrogens (tertiary/aromatic N) is 4. The zero-order valence-corrected chi connectivity index (χ0v) is 17.5. The van der Waals surface area contributed by atoms with Crippen LogP contribution in [0.4, 0.5) is 5.82 Å². The minimum absolute atomic E-state index is 0.199. The first-order valence-electron chi connectivity index (χ1n) is 10.1. The summed E-state index contributed by atoms with van der Waals surface area (Å²) in [6.45, 7) is 0. The number of fused-ring (bicyclic) bond motifs is 1. The van der Waals surface area contributed by atoms with E-state index in [1.54, 1.807) is 18.7 Å². The first kappa shape index (κ1) is 19.8. The van der Waals surface area contributed by atoms with E-state index >= 15 is 0 Å². The largest absolute Gasteiger partial charge is 0.356 e. The number of aromatic amines is 1. The second kappa shape index (κ2) is 8.49. The van der Waals surface area contributed by atoms with Gasteiger partial charge in [-0.1, -0.05) is 6.07 Å². The molecule has 1 saturated carbocycles. The van der Waals surface area contributed by atoms with Gasteiger partial charge in [0, 0.05) is 31.7 Å². The van der Waals surface area contributed by atoms with Gasteiger partial charge in [-0.3, -0.25) is 4.98 Å². The van der Waals surface area contributed by atoms with Gasteiger partial charge in [0.2, 0.25) is 0 Å². The molecule has 0 saturated heterocycles. The van der Waals surface area contributed by atoms with Gasteiger partial charge in [-0.05, 0) is 55.7 Å². The van der Waals surface area contributed by atoms with Crippen LogP contribution >= 0.6 is 0 Å². The quantitative estimate of drug-likeness (QED) is 0.640. The van der Waals surface area contributed by atoms with Gasteiger partial charge in [-0.25, -0.2) is 18.4 Å². The van der Waals surface area contributed by atoms with Gasteiger partial charge in [0.05, 0.1) is 16.9 Å². The third kappa shape index (κ3) is 4.75. The monoisotopic (exact) mass is 413 g/mol. The Morgan fingerprint density at radius 3 is 2.76 bits per heavy atom. The van der Waals surface area contributed by atoms with Crippen molar-refractivity contribution in [1.29, 1.82) is 0 Å². The predicted molar refractivity (Wildman–Crippen MR) is 115 cm³/mol. The molecule has 3 aromatic heterocycles. The van der Waals surface area contributed by atoms with Crippen LogP contribution in [0.15, 0.2) is 43.1 Å². The van der Waals surface area contributed by atoms with Crippen molar-refractivity contribution >= 4 is 26.7 Å². The van der Waals surface area contributed by atoms with E-state index in [-0.39, 0.29) is 11.7 Å². The Bertz CT molecular complexity index is 1040. The molecule has 0 spiro atoms. The third-order valence-electron chi connectivity index (χ3n) is 5.95. The first-order chi connectivity index (χ1) is 14.0. The molecule has 1 aliphatic rings. The van der Waals surface area contributed by atoms with Gasteiger partial charge in [-0.15, -0.1) is 0 Å². The normalized spacial score (nSPS) is 20.0. The van der Waals surface area contributed by atoms with E-state index in [4.69, 9.17) is 0 Å². The molecule has 4 rings (SSSR count). The number of hydrogen-bond acceptors (Lipinski definition) is 6. The summed E-state index contributed by atoms with van der Waals surface area (Å²) in [5.41, 5.74) is 1.82. The lowest BCUT2D eigenvalue weighted by Gasteiger charge is -2.35. The van der Waals surface area contributed by atoms with E-state index in [0.717, 1.165) is 48.1 Å².